The maximum Gasteiger partial charge on any atom is 0.270 e. The quantitative estimate of drug-likeness (QED) is 0.158. The van der Waals surface area contributed by atoms with Crippen LogP contribution in [0.2, 0.25) is 0 Å². The molecule has 182 valence electrons. The molecule has 1 heterocycles. The summed E-state index contributed by atoms with van der Waals surface area (Å²) in [5, 5.41) is 18.6. The third-order valence-electron chi connectivity index (χ3n) is 5.20. The molecular formula is C26H22N4O4S2. The SMILES string of the molecule is Cc1ccc(-c2csc(NC(=O)C(C)Sc3ccc(NC(=O)c4cccc([N+](=O)[O-])c4)cc3)n2)cc1. The Morgan fingerprint density at radius 2 is 1.75 bits per heavy atom. The Bertz CT molecular complexity index is 1400. The molecule has 4 rings (SSSR count). The first-order valence-electron chi connectivity index (χ1n) is 10.9. The van der Waals surface area contributed by atoms with E-state index in [4.69, 9.17) is 0 Å². The van der Waals surface area contributed by atoms with Crippen LogP contribution in [0.25, 0.3) is 11.3 Å². The lowest BCUT2D eigenvalue weighted by molar-refractivity contribution is -0.384. The Morgan fingerprint density at radius 1 is 1.03 bits per heavy atom. The number of anilines is 2. The number of nitro groups is 1. The maximum absolute atomic E-state index is 12.7. The minimum Gasteiger partial charge on any atom is -0.322 e. The van der Waals surface area contributed by atoms with Crippen molar-refractivity contribution in [3.05, 3.63) is 99.4 Å². The topological polar surface area (TPSA) is 114 Å². The van der Waals surface area contributed by atoms with E-state index < -0.39 is 10.8 Å². The Morgan fingerprint density at radius 3 is 2.44 bits per heavy atom. The molecule has 0 aliphatic rings. The molecule has 2 amide bonds. The average Bonchev–Trinajstić information content (AvgIpc) is 3.34. The van der Waals surface area contributed by atoms with Gasteiger partial charge in [-0.25, -0.2) is 4.98 Å². The molecule has 4 aromatic rings. The molecule has 36 heavy (non-hydrogen) atoms. The molecule has 0 fully saturated rings. The third-order valence-corrected chi connectivity index (χ3v) is 7.06. The van der Waals surface area contributed by atoms with Gasteiger partial charge in [0.15, 0.2) is 5.13 Å². The molecule has 10 heteroatoms. The molecule has 0 saturated carbocycles. The lowest BCUT2D eigenvalue weighted by atomic mass is 10.1. The number of nitrogens with one attached hydrogen (secondary N) is 2. The van der Waals surface area contributed by atoms with E-state index in [-0.39, 0.29) is 22.4 Å². The normalized spacial score (nSPS) is 11.5. The van der Waals surface area contributed by atoms with Gasteiger partial charge >= 0.3 is 0 Å². The van der Waals surface area contributed by atoms with Crippen LogP contribution in [0.5, 0.6) is 0 Å². The van der Waals surface area contributed by atoms with Gasteiger partial charge in [0, 0.05) is 39.2 Å². The zero-order valence-electron chi connectivity index (χ0n) is 19.4. The molecule has 0 radical (unpaired) electrons. The van der Waals surface area contributed by atoms with Crippen molar-refractivity contribution >= 4 is 51.4 Å². The number of nitrogens with zero attached hydrogens (tertiary/aromatic N) is 2. The third kappa shape index (κ3) is 6.35. The summed E-state index contributed by atoms with van der Waals surface area (Å²) in [5.41, 5.74) is 3.58. The van der Waals surface area contributed by atoms with Gasteiger partial charge in [0.25, 0.3) is 11.6 Å². The molecular weight excluding hydrogens is 496 g/mol. The van der Waals surface area contributed by atoms with Crippen LogP contribution < -0.4 is 10.6 Å². The number of rotatable bonds is 8. The largest absolute Gasteiger partial charge is 0.322 e. The molecule has 0 spiro atoms. The van der Waals surface area contributed by atoms with E-state index in [2.05, 4.69) is 15.6 Å². The van der Waals surface area contributed by atoms with Crippen molar-refractivity contribution in [2.75, 3.05) is 10.6 Å². The van der Waals surface area contributed by atoms with Gasteiger partial charge in [0.1, 0.15) is 0 Å². The van der Waals surface area contributed by atoms with Crippen LogP contribution >= 0.6 is 23.1 Å². The summed E-state index contributed by atoms with van der Waals surface area (Å²) in [6.07, 6.45) is 0. The maximum atomic E-state index is 12.7. The second kappa shape index (κ2) is 11.1. The number of nitro benzene ring substituents is 1. The highest BCUT2D eigenvalue weighted by molar-refractivity contribution is 8.00. The molecule has 0 aliphatic heterocycles. The number of thiazole rings is 1. The Hall–Kier alpha value is -4.02. The van der Waals surface area contributed by atoms with Crippen LogP contribution in [0.1, 0.15) is 22.8 Å². The van der Waals surface area contributed by atoms with Crippen molar-refractivity contribution in [3.8, 4) is 11.3 Å². The number of hydrogen-bond acceptors (Lipinski definition) is 7. The predicted octanol–water partition coefficient (Wildman–Crippen LogP) is 6.40. The fraction of sp³-hybridized carbons (Fsp3) is 0.115. The van der Waals surface area contributed by atoms with Gasteiger partial charge in [0.05, 0.1) is 15.9 Å². The average molecular weight is 519 g/mol. The number of aryl methyl sites for hydroxylation is 1. The van der Waals surface area contributed by atoms with Gasteiger partial charge in [-0.05, 0) is 44.2 Å². The summed E-state index contributed by atoms with van der Waals surface area (Å²) < 4.78 is 0. The predicted molar refractivity (Wildman–Crippen MR) is 144 cm³/mol. The zero-order valence-corrected chi connectivity index (χ0v) is 21.1. The van der Waals surface area contributed by atoms with Crippen LogP contribution in [0.15, 0.2) is 83.1 Å². The van der Waals surface area contributed by atoms with Crippen molar-refractivity contribution in [2.45, 2.75) is 24.0 Å². The van der Waals surface area contributed by atoms with Crippen molar-refractivity contribution < 1.29 is 14.5 Å². The second-order valence-corrected chi connectivity index (χ2v) is 10.2. The van der Waals surface area contributed by atoms with Crippen molar-refractivity contribution in [2.24, 2.45) is 0 Å². The number of non-ortho nitro benzene ring substituents is 1. The number of thioether (sulfide) groups is 1. The first-order valence-corrected chi connectivity index (χ1v) is 12.7. The number of hydrogen-bond donors (Lipinski definition) is 2. The van der Waals surface area contributed by atoms with Crippen LogP contribution in [-0.4, -0.2) is 27.0 Å². The second-order valence-electron chi connectivity index (χ2n) is 7.94. The van der Waals surface area contributed by atoms with Crippen molar-refractivity contribution in [1.29, 1.82) is 0 Å². The fourth-order valence-corrected chi connectivity index (χ4v) is 4.82. The summed E-state index contributed by atoms with van der Waals surface area (Å²) in [4.78, 5) is 40.9. The van der Waals surface area contributed by atoms with Crippen LogP contribution in [0, 0.1) is 17.0 Å². The van der Waals surface area contributed by atoms with E-state index in [1.807, 2.05) is 43.5 Å². The van der Waals surface area contributed by atoms with E-state index in [1.54, 1.807) is 24.3 Å². The first-order chi connectivity index (χ1) is 17.3. The summed E-state index contributed by atoms with van der Waals surface area (Å²) in [5.74, 6) is -0.604. The summed E-state index contributed by atoms with van der Waals surface area (Å²) in [6, 6.07) is 20.6. The lowest BCUT2D eigenvalue weighted by Gasteiger charge is -2.11. The molecule has 3 aromatic carbocycles. The van der Waals surface area contributed by atoms with Gasteiger partial charge in [-0.15, -0.1) is 23.1 Å². The zero-order chi connectivity index (χ0) is 25.7. The number of amides is 2. The highest BCUT2D eigenvalue weighted by Crippen LogP contribution is 2.28. The highest BCUT2D eigenvalue weighted by atomic mass is 32.2. The molecule has 1 aromatic heterocycles. The Balaban J connectivity index is 1.32. The lowest BCUT2D eigenvalue weighted by Crippen LogP contribution is -2.22. The number of carbonyl (C=O) groups excluding carboxylic acids is 2. The minimum atomic E-state index is -0.544. The van der Waals surface area contributed by atoms with Crippen LogP contribution in [0.4, 0.5) is 16.5 Å². The standard InChI is InChI=1S/C26H22N4O4S2/c1-16-6-8-18(9-7-16)23-15-35-26(28-23)29-24(31)17(2)36-22-12-10-20(11-13-22)27-25(32)19-4-3-5-21(14-19)30(33)34/h3-15,17H,1-2H3,(H,27,32)(H,28,29,31). The number of carbonyl (C=O) groups is 2. The van der Waals surface area contributed by atoms with Gasteiger partial charge in [0.2, 0.25) is 5.91 Å². The number of benzene rings is 3. The highest BCUT2D eigenvalue weighted by Gasteiger charge is 2.17. The minimum absolute atomic E-state index is 0.147. The molecule has 1 unspecified atom stereocenters. The molecule has 8 nitrogen and oxygen atoms in total. The summed E-state index contributed by atoms with van der Waals surface area (Å²) >= 11 is 2.76. The van der Waals surface area contributed by atoms with E-state index in [0.717, 1.165) is 16.2 Å². The van der Waals surface area contributed by atoms with Crippen molar-refractivity contribution in [1.82, 2.24) is 4.98 Å². The van der Waals surface area contributed by atoms with Gasteiger partial charge in [-0.2, -0.15) is 0 Å². The van der Waals surface area contributed by atoms with E-state index in [9.17, 15) is 19.7 Å². The molecule has 2 N–H and O–H groups in total. The van der Waals surface area contributed by atoms with Gasteiger partial charge in [-0.3, -0.25) is 19.7 Å². The van der Waals surface area contributed by atoms with Gasteiger partial charge in [-0.1, -0.05) is 35.9 Å². The summed E-state index contributed by atoms with van der Waals surface area (Å²) in [7, 11) is 0. The van der Waals surface area contributed by atoms with E-state index in [0.29, 0.717) is 10.8 Å². The van der Waals surface area contributed by atoms with E-state index in [1.165, 1.54) is 52.9 Å². The monoisotopic (exact) mass is 518 g/mol. The molecule has 0 aliphatic carbocycles. The number of aromatic nitrogens is 1. The Kier molecular flexibility index (Phi) is 7.77. The first kappa shape index (κ1) is 25.1. The molecule has 1 atom stereocenters. The summed E-state index contributed by atoms with van der Waals surface area (Å²) in [6.45, 7) is 3.84. The van der Waals surface area contributed by atoms with E-state index >= 15 is 0 Å². The fourth-order valence-electron chi connectivity index (χ4n) is 3.23. The van der Waals surface area contributed by atoms with Crippen LogP contribution in [0.3, 0.4) is 0 Å². The smallest absolute Gasteiger partial charge is 0.270 e. The van der Waals surface area contributed by atoms with Gasteiger partial charge < -0.3 is 10.6 Å². The molecule has 0 saturated heterocycles. The van der Waals surface area contributed by atoms with Crippen LogP contribution in [-0.2, 0) is 4.79 Å². The van der Waals surface area contributed by atoms with Crippen molar-refractivity contribution in [3.63, 3.8) is 0 Å². The Labute approximate surface area is 215 Å². The molecule has 0 bridgehead atoms.